The third-order valence-electron chi connectivity index (χ3n) is 21.8. The predicted octanol–water partition coefficient (Wildman–Crippen LogP) is 20.5. The van der Waals surface area contributed by atoms with Crippen LogP contribution in [0.5, 0.6) is 17.2 Å². The van der Waals surface area contributed by atoms with Crippen molar-refractivity contribution in [1.82, 2.24) is 29.9 Å². The van der Waals surface area contributed by atoms with Gasteiger partial charge in [0.1, 0.15) is 17.2 Å². The molecule has 3 atom stereocenters. The molecule has 0 spiro atoms. The van der Waals surface area contributed by atoms with Crippen LogP contribution in [0.1, 0.15) is 207 Å². The quantitative estimate of drug-likeness (QED) is 0.0324. The van der Waals surface area contributed by atoms with Crippen molar-refractivity contribution in [1.29, 1.82) is 0 Å². The molecule has 0 radical (unpaired) electrons. The Morgan fingerprint density at radius 2 is 0.756 bits per heavy atom. The fraction of sp³-hybridized carbons (Fsp3) is 0.406. The van der Waals surface area contributed by atoms with Gasteiger partial charge in [0.2, 0.25) is 0 Å². The molecule has 20 nitrogen and oxygen atoms in total. The Morgan fingerprint density at radius 1 is 0.437 bits per heavy atom. The second kappa shape index (κ2) is 38.7. The van der Waals surface area contributed by atoms with E-state index in [1.54, 1.807) is 25.3 Å². The van der Waals surface area contributed by atoms with E-state index in [2.05, 4.69) is 83.1 Å². The third-order valence-corrected chi connectivity index (χ3v) is 22.6. The summed E-state index contributed by atoms with van der Waals surface area (Å²) in [6.45, 7) is 38.7. The molecule has 3 aliphatic rings. The maximum atomic E-state index is 13.6. The highest BCUT2D eigenvalue weighted by Gasteiger charge is 2.39. The number of benzene rings is 6. The molecule has 0 saturated heterocycles. The first-order valence-electron chi connectivity index (χ1n) is 41.3. The van der Waals surface area contributed by atoms with E-state index in [-0.39, 0.29) is 43.5 Å². The van der Waals surface area contributed by atoms with Crippen LogP contribution in [-0.4, -0.2) is 121 Å². The van der Waals surface area contributed by atoms with Crippen molar-refractivity contribution >= 4 is 124 Å². The summed E-state index contributed by atoms with van der Waals surface area (Å²) in [5.41, 5.74) is 19.2. The minimum atomic E-state index is -1.50. The minimum absolute atomic E-state index is 0. The number of esters is 3. The summed E-state index contributed by atoms with van der Waals surface area (Å²) in [6.07, 6.45) is 10.6. The van der Waals surface area contributed by atoms with Gasteiger partial charge in [0.15, 0.2) is 18.3 Å². The van der Waals surface area contributed by atoms with E-state index >= 15 is 0 Å². The molecule has 12 aromatic rings. The third kappa shape index (κ3) is 19.8. The monoisotopic (exact) mass is 1700 g/mol. The zero-order chi connectivity index (χ0) is 84.7. The number of fused-ring (bicyclic) bond motifs is 3. The number of rotatable bonds is 24. The molecule has 0 amide bonds. The highest BCUT2D eigenvalue weighted by molar-refractivity contribution is 9.10. The summed E-state index contributed by atoms with van der Waals surface area (Å²) < 4.78 is 54.5. The molecular weight excluding hydrogens is 1590 g/mol. The summed E-state index contributed by atoms with van der Waals surface area (Å²) in [6, 6.07) is 35.9. The van der Waals surface area contributed by atoms with Crippen LogP contribution in [0, 0.1) is 41.5 Å². The van der Waals surface area contributed by atoms with Crippen LogP contribution in [-0.2, 0) is 62.1 Å². The first kappa shape index (κ1) is 90.0. The van der Waals surface area contributed by atoms with Gasteiger partial charge in [0.05, 0.1) is 89.5 Å². The lowest BCUT2D eigenvalue weighted by molar-refractivity contribution is -0.169. The number of aromatic nitrogens is 6. The van der Waals surface area contributed by atoms with Gasteiger partial charge in [-0.2, -0.15) is 0 Å². The van der Waals surface area contributed by atoms with E-state index in [1.807, 2.05) is 170 Å². The maximum Gasteiger partial charge on any atom is 0.490 e. The molecule has 3 aliphatic heterocycles. The maximum absolute atomic E-state index is 13.6. The molecule has 0 unspecified atom stereocenters. The van der Waals surface area contributed by atoms with Crippen LogP contribution in [0.25, 0.3) is 87.7 Å². The first-order chi connectivity index (χ1) is 56.4. The Morgan fingerprint density at radius 3 is 1.11 bits per heavy atom. The average Bonchev–Trinajstić information content (AvgIpc) is 0.765. The highest BCUT2D eigenvalue weighted by atomic mass is 79.9. The fourth-order valence-electron chi connectivity index (χ4n) is 16.7. The van der Waals surface area contributed by atoms with Crippen molar-refractivity contribution in [2.24, 2.45) is 0 Å². The summed E-state index contributed by atoms with van der Waals surface area (Å²) in [7, 11) is -1.50. The predicted molar refractivity (Wildman–Crippen MR) is 478 cm³/mol. The van der Waals surface area contributed by atoms with Crippen LogP contribution in [0.15, 0.2) is 132 Å². The fourth-order valence-corrected chi connectivity index (χ4v) is 17.6. The van der Waals surface area contributed by atoms with Gasteiger partial charge < -0.3 is 52.7 Å². The van der Waals surface area contributed by atoms with E-state index in [4.69, 9.17) is 62.6 Å². The van der Waals surface area contributed by atoms with Crippen molar-refractivity contribution in [3.8, 4) is 39.5 Å². The van der Waals surface area contributed by atoms with Gasteiger partial charge in [-0.05, 0) is 275 Å². The highest BCUT2D eigenvalue weighted by Crippen LogP contribution is 2.49. The number of carbonyl (C=O) groups is 3. The second-order valence-corrected chi connectivity index (χ2v) is 33.1. The van der Waals surface area contributed by atoms with Gasteiger partial charge in [0.25, 0.3) is 0 Å². The molecule has 626 valence electrons. The molecule has 6 aromatic carbocycles. The van der Waals surface area contributed by atoms with E-state index in [9.17, 15) is 24.4 Å². The summed E-state index contributed by atoms with van der Waals surface area (Å²) in [5, 5.41) is 24.3. The number of pyridine rings is 6. The lowest BCUT2D eigenvalue weighted by Gasteiger charge is -2.32. The molecule has 9 heterocycles. The molecule has 23 heteroatoms. The molecule has 119 heavy (non-hydrogen) atoms. The Balaban J connectivity index is 0.000000161. The normalized spacial score (nSPS) is 13.6. The lowest BCUT2D eigenvalue weighted by Crippen LogP contribution is -2.32. The van der Waals surface area contributed by atoms with Gasteiger partial charge in [0, 0.05) is 125 Å². The van der Waals surface area contributed by atoms with Gasteiger partial charge in [-0.25, -0.2) is 14.4 Å². The summed E-state index contributed by atoms with van der Waals surface area (Å²) >= 11 is 3.70. The second-order valence-electron chi connectivity index (χ2n) is 32.3. The Hall–Kier alpha value is -9.78. The lowest BCUT2D eigenvalue weighted by atomic mass is 9.78. The minimum Gasteiger partial charge on any atom is -0.493 e. The average molecular weight is 1700 g/mol. The van der Waals surface area contributed by atoms with Gasteiger partial charge >= 0.3 is 25.0 Å². The number of carbonyl (C=O) groups excluding carboxylic acids is 3. The van der Waals surface area contributed by atoms with Crippen LogP contribution >= 0.6 is 28.3 Å². The summed E-state index contributed by atoms with van der Waals surface area (Å²) in [4.78, 5) is 68.1. The number of halogens is 2. The van der Waals surface area contributed by atoms with E-state index in [0.717, 1.165) is 218 Å². The smallest absolute Gasteiger partial charge is 0.490 e. The van der Waals surface area contributed by atoms with Crippen LogP contribution in [0.4, 0.5) is 0 Å². The van der Waals surface area contributed by atoms with E-state index < -0.39 is 42.2 Å². The topological polar surface area (TPSA) is 252 Å². The van der Waals surface area contributed by atoms with E-state index in [0.29, 0.717) is 37.4 Å². The summed E-state index contributed by atoms with van der Waals surface area (Å²) in [5.74, 6) is 1.31. The van der Waals surface area contributed by atoms with Gasteiger partial charge in [-0.1, -0.05) is 58.2 Å². The van der Waals surface area contributed by atoms with Crippen molar-refractivity contribution in [2.75, 3.05) is 39.6 Å². The van der Waals surface area contributed by atoms with Crippen molar-refractivity contribution in [3.63, 3.8) is 0 Å². The molecule has 0 bridgehead atoms. The number of aryl methyl sites for hydroxylation is 6. The van der Waals surface area contributed by atoms with Crippen LogP contribution < -0.4 is 19.7 Å². The number of hydrogen-bond donors (Lipinski definition) is 2. The van der Waals surface area contributed by atoms with Crippen LogP contribution in [0.3, 0.4) is 0 Å². The first-order valence-corrected chi connectivity index (χ1v) is 42.1. The van der Waals surface area contributed by atoms with Crippen molar-refractivity contribution in [2.45, 2.75) is 218 Å². The van der Waals surface area contributed by atoms with Crippen molar-refractivity contribution < 1.29 is 67.1 Å². The largest absolute Gasteiger partial charge is 0.493 e. The molecule has 0 fully saturated rings. The standard InChI is InChI=1S/2C32H36N2O4.C21H28BrNO3.C11H10BNO3.ClH/c2*1-7-15-32(5,6)38-30(31(35)36-8-2)26-19(3)18-24-22(10-9-20(4)34-24)28(26)23-11-12-25-27-21(14-17-37-25)13-16-33-29(23)27;1-7-11-21(5,6)26-19(20(24)25-8-2)17-13(3)12-16-15(18(17)22)10-9-14(4)23-16;14-12(15)8-1-2-9-10-7(4-6-16-9)3-5-13-11(8)10;/h2*9-13,16,18,30H,7-8,14-15,17H2,1-6H3;9-10,12,19H,7-8,11H2,1-6H3;1-3,5,14-15H,4,6H2;1H/t2*30-;19-;;/m000../s1. The Labute approximate surface area is 712 Å². The zero-order valence-electron chi connectivity index (χ0n) is 71.8. The molecule has 0 aliphatic carbocycles. The van der Waals surface area contributed by atoms with Crippen molar-refractivity contribution in [3.05, 3.63) is 199 Å². The van der Waals surface area contributed by atoms with Gasteiger partial charge in [-0.3, -0.25) is 29.9 Å². The van der Waals surface area contributed by atoms with E-state index in [1.165, 1.54) is 11.1 Å². The van der Waals surface area contributed by atoms with Gasteiger partial charge in [-0.15, -0.1) is 12.4 Å². The number of nitrogens with zero attached hydrogens (tertiary/aromatic N) is 6. The molecular formula is C96H111BBrClN6O14. The van der Waals surface area contributed by atoms with Crippen LogP contribution in [0.2, 0.25) is 0 Å². The SMILES string of the molecule is CCCC(C)(C)O[C@H](C(=O)OCC)c1c(C)cc2nc(C)ccc2c1-c1ccc2c3c(ccnc13)CCO2.CCCC(C)(C)O[C@H](C(=O)OCC)c1c(C)cc2nc(C)ccc2c1-c1ccc2c3c(ccnc13)CCO2.CCCC(C)(C)O[C@H](C(=O)OCC)c1c(C)cc2nc(C)ccc2c1Br.Cl.OB(O)c1ccc2c3c(ccnc13)CCO2. The number of hydrogen-bond acceptors (Lipinski definition) is 20. The molecule has 0 saturated carbocycles. The molecule has 15 rings (SSSR count). The molecule has 2 N–H and O–H groups in total. The molecule has 6 aromatic heterocycles. The zero-order valence-corrected chi connectivity index (χ0v) is 74.2. The number of ether oxygens (including phenoxy) is 9. The Bertz CT molecular complexity index is 5500. The Kier molecular flexibility index (Phi) is 29.3.